The molecule has 2 aromatic carbocycles. The molecule has 1 heterocycles. The molecule has 1 N–H and O–H groups in total. The topological polar surface area (TPSA) is 50.4 Å². The highest BCUT2D eigenvalue weighted by Gasteiger charge is 2.38. The second kappa shape index (κ2) is 6.79. The van der Waals surface area contributed by atoms with Crippen molar-refractivity contribution < 1.29 is 5.21 Å². The van der Waals surface area contributed by atoms with Gasteiger partial charge in [-0.2, -0.15) is 5.10 Å². The molecule has 4 heteroatoms. The van der Waals surface area contributed by atoms with Crippen LogP contribution in [0.5, 0.6) is 0 Å². The predicted octanol–water partition coefficient (Wildman–Crippen LogP) is 4.97. The van der Waals surface area contributed by atoms with E-state index in [1.807, 2.05) is 0 Å². The minimum Gasteiger partial charge on any atom is -0.411 e. The van der Waals surface area contributed by atoms with Gasteiger partial charge in [0.1, 0.15) is 5.69 Å². The molecule has 1 saturated carbocycles. The van der Waals surface area contributed by atoms with Gasteiger partial charge in [-0.15, -0.1) is 0 Å². The monoisotopic (exact) mass is 369 g/mol. The Morgan fingerprint density at radius 1 is 1.00 bits per heavy atom. The minimum absolute atomic E-state index is 0.231. The zero-order valence-corrected chi connectivity index (χ0v) is 15.7. The molecule has 2 aliphatic rings. The van der Waals surface area contributed by atoms with Gasteiger partial charge in [0.25, 0.3) is 0 Å². The molecule has 1 aromatic heterocycles. The molecule has 0 spiro atoms. The molecule has 0 aliphatic heterocycles. The largest absolute Gasteiger partial charge is 0.411 e. The van der Waals surface area contributed by atoms with Gasteiger partial charge < -0.3 is 5.21 Å². The molecule has 0 unspecified atom stereocenters. The first-order valence-corrected chi connectivity index (χ1v) is 9.91. The Labute approximate surface area is 164 Å². The summed E-state index contributed by atoms with van der Waals surface area (Å²) in [7, 11) is 0. The number of nitrogens with zero attached hydrogens (tertiary/aromatic N) is 3. The lowest BCUT2D eigenvalue weighted by atomic mass is 9.68. The SMILES string of the molecule is O/N=C/c1nn(C2CCC2)c2c1C=CC(c1ccccc1)(c1ccccc1)C2. The average Bonchev–Trinajstić information content (AvgIpc) is 3.05. The van der Waals surface area contributed by atoms with Crippen molar-refractivity contribution in [1.29, 1.82) is 0 Å². The van der Waals surface area contributed by atoms with E-state index in [4.69, 9.17) is 10.3 Å². The number of hydrogen-bond acceptors (Lipinski definition) is 3. The van der Waals surface area contributed by atoms with Gasteiger partial charge in [-0.3, -0.25) is 4.68 Å². The number of benzene rings is 2. The van der Waals surface area contributed by atoms with Crippen LogP contribution in [0.2, 0.25) is 0 Å². The Balaban J connectivity index is 1.70. The van der Waals surface area contributed by atoms with Crippen molar-refractivity contribution in [3.63, 3.8) is 0 Å². The van der Waals surface area contributed by atoms with Crippen LogP contribution in [0.25, 0.3) is 6.08 Å². The molecular weight excluding hydrogens is 346 g/mol. The molecular formula is C24H23N3O. The highest BCUT2D eigenvalue weighted by atomic mass is 16.4. The summed E-state index contributed by atoms with van der Waals surface area (Å²) in [4.78, 5) is 0. The standard InChI is InChI=1S/C24H23N3O/c28-25-17-22-21-14-15-24(18-8-3-1-4-9-18,19-10-5-2-6-11-19)16-23(21)27(26-22)20-12-7-13-20/h1-6,8-11,14-15,17,20,28H,7,12-13,16H2/b25-17+. The van der Waals surface area contributed by atoms with Crippen LogP contribution in [0.4, 0.5) is 0 Å². The fraction of sp³-hybridized carbons (Fsp3) is 0.250. The molecule has 0 amide bonds. The van der Waals surface area contributed by atoms with Gasteiger partial charge in [0.15, 0.2) is 0 Å². The Kier molecular flexibility index (Phi) is 4.12. The highest BCUT2D eigenvalue weighted by Crippen LogP contribution is 2.44. The molecule has 0 atom stereocenters. The van der Waals surface area contributed by atoms with E-state index in [0.29, 0.717) is 6.04 Å². The molecule has 28 heavy (non-hydrogen) atoms. The van der Waals surface area contributed by atoms with E-state index >= 15 is 0 Å². The first kappa shape index (κ1) is 17.0. The number of oxime groups is 1. The van der Waals surface area contributed by atoms with Gasteiger partial charge in [-0.05, 0) is 30.4 Å². The van der Waals surface area contributed by atoms with E-state index in [2.05, 4.69) is 82.7 Å². The molecule has 140 valence electrons. The van der Waals surface area contributed by atoms with Crippen LogP contribution in [-0.4, -0.2) is 21.2 Å². The maximum Gasteiger partial charge on any atom is 0.114 e. The average molecular weight is 369 g/mol. The van der Waals surface area contributed by atoms with E-state index in [1.54, 1.807) is 0 Å². The third kappa shape index (κ3) is 2.60. The predicted molar refractivity (Wildman–Crippen MR) is 111 cm³/mol. The summed E-state index contributed by atoms with van der Waals surface area (Å²) >= 11 is 0. The summed E-state index contributed by atoms with van der Waals surface area (Å²) in [5.74, 6) is 0. The van der Waals surface area contributed by atoms with Gasteiger partial charge in [0.05, 0.1) is 12.3 Å². The lowest BCUT2D eigenvalue weighted by Crippen LogP contribution is -2.32. The van der Waals surface area contributed by atoms with E-state index in [9.17, 15) is 0 Å². The van der Waals surface area contributed by atoms with Crippen LogP contribution < -0.4 is 0 Å². The smallest absolute Gasteiger partial charge is 0.114 e. The highest BCUT2D eigenvalue weighted by molar-refractivity contribution is 5.84. The van der Waals surface area contributed by atoms with Gasteiger partial charge in [0, 0.05) is 23.1 Å². The van der Waals surface area contributed by atoms with Gasteiger partial charge in [-0.1, -0.05) is 78.0 Å². The minimum atomic E-state index is -0.231. The lowest BCUT2D eigenvalue weighted by molar-refractivity contribution is 0.279. The van der Waals surface area contributed by atoms with E-state index in [-0.39, 0.29) is 5.41 Å². The maximum absolute atomic E-state index is 9.10. The number of allylic oxidation sites excluding steroid dienone is 1. The lowest BCUT2D eigenvalue weighted by Gasteiger charge is -2.36. The Morgan fingerprint density at radius 3 is 2.18 bits per heavy atom. The van der Waals surface area contributed by atoms with Crippen LogP contribution in [0, 0.1) is 0 Å². The molecule has 3 aromatic rings. The van der Waals surface area contributed by atoms with Crippen LogP contribution in [0.15, 0.2) is 71.9 Å². The van der Waals surface area contributed by atoms with Gasteiger partial charge >= 0.3 is 0 Å². The summed E-state index contributed by atoms with van der Waals surface area (Å²) in [6, 6.07) is 21.9. The van der Waals surface area contributed by atoms with Crippen molar-refractivity contribution in [2.75, 3.05) is 0 Å². The molecule has 5 rings (SSSR count). The van der Waals surface area contributed by atoms with Crippen LogP contribution in [0.1, 0.15) is 53.4 Å². The van der Waals surface area contributed by atoms with Gasteiger partial charge in [0.2, 0.25) is 0 Å². The summed E-state index contributed by atoms with van der Waals surface area (Å²) in [6.07, 6.45) is 10.3. The Hall–Kier alpha value is -3.14. The fourth-order valence-electron chi connectivity index (χ4n) is 4.53. The molecule has 0 bridgehead atoms. The second-order valence-electron chi connectivity index (χ2n) is 7.73. The van der Waals surface area contributed by atoms with Crippen molar-refractivity contribution in [2.24, 2.45) is 5.16 Å². The van der Waals surface area contributed by atoms with E-state index in [0.717, 1.165) is 30.5 Å². The van der Waals surface area contributed by atoms with Crippen molar-refractivity contribution >= 4 is 12.3 Å². The number of rotatable bonds is 4. The van der Waals surface area contributed by atoms with E-state index < -0.39 is 0 Å². The molecule has 4 nitrogen and oxygen atoms in total. The summed E-state index contributed by atoms with van der Waals surface area (Å²) in [5.41, 5.74) is 5.38. The Morgan fingerprint density at radius 2 is 1.64 bits per heavy atom. The fourth-order valence-corrected chi connectivity index (χ4v) is 4.53. The third-order valence-corrected chi connectivity index (χ3v) is 6.24. The third-order valence-electron chi connectivity index (χ3n) is 6.24. The van der Waals surface area contributed by atoms with E-state index in [1.165, 1.54) is 29.5 Å². The zero-order valence-electron chi connectivity index (χ0n) is 15.7. The molecule has 1 fully saturated rings. The van der Waals surface area contributed by atoms with Crippen molar-refractivity contribution in [3.8, 4) is 0 Å². The van der Waals surface area contributed by atoms with Crippen LogP contribution in [-0.2, 0) is 11.8 Å². The second-order valence-corrected chi connectivity index (χ2v) is 7.73. The van der Waals surface area contributed by atoms with Crippen molar-refractivity contribution in [1.82, 2.24) is 9.78 Å². The number of aromatic nitrogens is 2. The first-order chi connectivity index (χ1) is 13.8. The zero-order chi connectivity index (χ0) is 19.0. The van der Waals surface area contributed by atoms with Crippen LogP contribution >= 0.6 is 0 Å². The molecule has 2 aliphatic carbocycles. The normalized spacial score (nSPS) is 18.1. The maximum atomic E-state index is 9.10. The number of hydrogen-bond donors (Lipinski definition) is 1. The quantitative estimate of drug-likeness (QED) is 0.401. The Bertz CT molecular complexity index is 991. The number of fused-ring (bicyclic) bond motifs is 1. The summed E-state index contributed by atoms with van der Waals surface area (Å²) in [5, 5.41) is 17.2. The summed E-state index contributed by atoms with van der Waals surface area (Å²) in [6.45, 7) is 0. The van der Waals surface area contributed by atoms with Crippen molar-refractivity contribution in [2.45, 2.75) is 37.1 Å². The summed E-state index contributed by atoms with van der Waals surface area (Å²) < 4.78 is 2.19. The molecule has 0 saturated heterocycles. The molecule has 0 radical (unpaired) electrons. The van der Waals surface area contributed by atoms with Gasteiger partial charge in [-0.25, -0.2) is 0 Å². The van der Waals surface area contributed by atoms with Crippen LogP contribution in [0.3, 0.4) is 0 Å². The first-order valence-electron chi connectivity index (χ1n) is 9.91. The van der Waals surface area contributed by atoms with Crippen molar-refractivity contribution in [3.05, 3.63) is 94.8 Å².